The van der Waals surface area contributed by atoms with Gasteiger partial charge >= 0.3 is 6.09 Å². The summed E-state index contributed by atoms with van der Waals surface area (Å²) in [6, 6.07) is 5.51. The first-order chi connectivity index (χ1) is 10.5. The van der Waals surface area contributed by atoms with Gasteiger partial charge in [-0.15, -0.1) is 0 Å². The van der Waals surface area contributed by atoms with E-state index in [9.17, 15) is 9.59 Å². The smallest absolute Gasteiger partial charge is 0.414 e. The zero-order chi connectivity index (χ0) is 16.7. The Kier molecular flexibility index (Phi) is 6.89. The Labute approximate surface area is 132 Å². The van der Waals surface area contributed by atoms with Crippen LogP contribution in [0.4, 0.5) is 10.5 Å². The zero-order valence-corrected chi connectivity index (χ0v) is 14.2. The average molecular weight is 306 g/mol. The molecule has 5 nitrogen and oxygen atoms in total. The van der Waals surface area contributed by atoms with Crippen molar-refractivity contribution in [1.82, 2.24) is 4.90 Å². The van der Waals surface area contributed by atoms with Crippen molar-refractivity contribution >= 4 is 17.7 Å². The Bertz CT molecular complexity index is 525. The second-order valence-corrected chi connectivity index (χ2v) is 4.89. The maximum absolute atomic E-state index is 12.7. The molecule has 0 N–H and O–H groups in total. The molecular formula is C17H26N2O3. The fraction of sp³-hybridized carbons (Fsp3) is 0.529. The van der Waals surface area contributed by atoms with Crippen LogP contribution in [0.1, 0.15) is 43.6 Å². The maximum Gasteiger partial charge on any atom is 0.414 e. The summed E-state index contributed by atoms with van der Waals surface area (Å²) in [5.74, 6) is -0.0635. The highest BCUT2D eigenvalue weighted by Crippen LogP contribution is 2.27. The summed E-state index contributed by atoms with van der Waals surface area (Å²) in [6.07, 6.45) is -0.423. The molecule has 2 amide bonds. The standard InChI is InChI=1S/C17H26N2O3/c1-6-18(7-2)16(20)14-12-10-11-13(5)15(14)19(8-3)17(21)22-9-4/h10-12H,6-9H2,1-5H3. The third-order valence-electron chi connectivity index (χ3n) is 3.59. The Hall–Kier alpha value is -2.04. The molecule has 0 aliphatic rings. The van der Waals surface area contributed by atoms with Crippen molar-refractivity contribution in [3.05, 3.63) is 29.3 Å². The quantitative estimate of drug-likeness (QED) is 0.808. The van der Waals surface area contributed by atoms with Gasteiger partial charge in [0, 0.05) is 19.6 Å². The lowest BCUT2D eigenvalue weighted by Crippen LogP contribution is -2.36. The molecule has 1 aromatic rings. The summed E-state index contributed by atoms with van der Waals surface area (Å²) >= 11 is 0. The van der Waals surface area contributed by atoms with Crippen molar-refractivity contribution in [3.8, 4) is 0 Å². The number of amides is 2. The Balaban J connectivity index is 3.34. The Morgan fingerprint density at radius 2 is 1.68 bits per heavy atom. The summed E-state index contributed by atoms with van der Waals surface area (Å²) in [6.45, 7) is 11.4. The van der Waals surface area contributed by atoms with Crippen LogP contribution in [-0.4, -0.2) is 43.1 Å². The second kappa shape index (κ2) is 8.41. The molecule has 0 aromatic heterocycles. The van der Waals surface area contributed by atoms with Crippen molar-refractivity contribution in [2.75, 3.05) is 31.1 Å². The molecular weight excluding hydrogens is 280 g/mol. The molecule has 0 aliphatic heterocycles. The van der Waals surface area contributed by atoms with E-state index in [0.717, 1.165) is 5.56 Å². The van der Waals surface area contributed by atoms with Crippen LogP contribution < -0.4 is 4.90 Å². The van der Waals surface area contributed by atoms with Crippen LogP contribution in [0.5, 0.6) is 0 Å². The molecule has 0 bridgehead atoms. The van der Waals surface area contributed by atoms with E-state index in [1.807, 2.05) is 39.8 Å². The number of carbonyl (C=O) groups is 2. The van der Waals surface area contributed by atoms with E-state index in [1.165, 1.54) is 4.90 Å². The topological polar surface area (TPSA) is 49.9 Å². The normalized spacial score (nSPS) is 10.2. The van der Waals surface area contributed by atoms with Crippen molar-refractivity contribution in [2.24, 2.45) is 0 Å². The summed E-state index contributed by atoms with van der Waals surface area (Å²) in [5, 5.41) is 0. The molecule has 0 saturated heterocycles. The van der Waals surface area contributed by atoms with E-state index < -0.39 is 6.09 Å². The minimum atomic E-state index is -0.423. The Morgan fingerprint density at radius 3 is 2.18 bits per heavy atom. The van der Waals surface area contributed by atoms with Gasteiger partial charge in [0.15, 0.2) is 0 Å². The molecule has 0 heterocycles. The predicted octanol–water partition coefficient (Wildman–Crippen LogP) is 3.46. The number of hydrogen-bond donors (Lipinski definition) is 0. The molecule has 1 aromatic carbocycles. The van der Waals surface area contributed by atoms with Gasteiger partial charge in [0.25, 0.3) is 5.91 Å². The number of carbonyl (C=O) groups excluding carboxylic acids is 2. The van der Waals surface area contributed by atoms with Crippen LogP contribution in [0.3, 0.4) is 0 Å². The average Bonchev–Trinajstić information content (AvgIpc) is 2.50. The first-order valence-corrected chi connectivity index (χ1v) is 7.84. The molecule has 1 rings (SSSR count). The summed E-state index contributed by atoms with van der Waals surface area (Å²) in [4.78, 5) is 28.2. The van der Waals surface area contributed by atoms with E-state index in [1.54, 1.807) is 17.9 Å². The lowest BCUT2D eigenvalue weighted by Gasteiger charge is -2.27. The van der Waals surface area contributed by atoms with Crippen LogP contribution in [-0.2, 0) is 4.74 Å². The van der Waals surface area contributed by atoms with Crippen molar-refractivity contribution in [2.45, 2.75) is 34.6 Å². The molecule has 22 heavy (non-hydrogen) atoms. The van der Waals surface area contributed by atoms with Crippen molar-refractivity contribution in [3.63, 3.8) is 0 Å². The molecule has 0 aliphatic carbocycles. The lowest BCUT2D eigenvalue weighted by molar-refractivity contribution is 0.0773. The molecule has 0 unspecified atom stereocenters. The highest BCUT2D eigenvalue weighted by atomic mass is 16.6. The summed E-state index contributed by atoms with van der Waals surface area (Å²) in [7, 11) is 0. The van der Waals surface area contributed by atoms with Gasteiger partial charge in [0.1, 0.15) is 0 Å². The summed E-state index contributed by atoms with van der Waals surface area (Å²) < 4.78 is 5.11. The van der Waals surface area contributed by atoms with E-state index in [-0.39, 0.29) is 5.91 Å². The highest BCUT2D eigenvalue weighted by molar-refractivity contribution is 6.04. The number of para-hydroxylation sites is 1. The third-order valence-corrected chi connectivity index (χ3v) is 3.59. The van der Waals surface area contributed by atoms with Crippen LogP contribution in [0.25, 0.3) is 0 Å². The van der Waals surface area contributed by atoms with Gasteiger partial charge in [-0.05, 0) is 46.2 Å². The third kappa shape index (κ3) is 3.78. The van der Waals surface area contributed by atoms with Gasteiger partial charge in [-0.1, -0.05) is 12.1 Å². The SMILES string of the molecule is CCOC(=O)N(CC)c1c(C)cccc1C(=O)N(CC)CC. The first kappa shape index (κ1) is 18.0. The number of nitrogens with zero attached hydrogens (tertiary/aromatic N) is 2. The minimum absolute atomic E-state index is 0.0635. The molecule has 0 saturated carbocycles. The fourth-order valence-electron chi connectivity index (χ4n) is 2.45. The summed E-state index contributed by atoms with van der Waals surface area (Å²) in [5.41, 5.74) is 2.06. The Morgan fingerprint density at radius 1 is 1.05 bits per heavy atom. The van der Waals surface area contributed by atoms with Crippen LogP contribution in [0, 0.1) is 6.92 Å². The lowest BCUT2D eigenvalue weighted by atomic mass is 10.1. The van der Waals surface area contributed by atoms with Gasteiger partial charge in [0.2, 0.25) is 0 Å². The number of hydrogen-bond acceptors (Lipinski definition) is 3. The van der Waals surface area contributed by atoms with Gasteiger partial charge in [0.05, 0.1) is 17.9 Å². The van der Waals surface area contributed by atoms with Crippen LogP contribution in [0.15, 0.2) is 18.2 Å². The van der Waals surface area contributed by atoms with Crippen LogP contribution in [0.2, 0.25) is 0 Å². The monoisotopic (exact) mass is 306 g/mol. The molecule has 0 radical (unpaired) electrons. The maximum atomic E-state index is 12.7. The molecule has 5 heteroatoms. The molecule has 0 spiro atoms. The van der Waals surface area contributed by atoms with Crippen LogP contribution >= 0.6 is 0 Å². The number of rotatable bonds is 6. The number of anilines is 1. The van der Waals surface area contributed by atoms with Crippen molar-refractivity contribution < 1.29 is 14.3 Å². The van der Waals surface area contributed by atoms with Gasteiger partial charge < -0.3 is 9.64 Å². The number of aryl methyl sites for hydroxylation is 1. The number of ether oxygens (including phenoxy) is 1. The molecule has 122 valence electrons. The van der Waals surface area contributed by atoms with Gasteiger partial charge in [-0.2, -0.15) is 0 Å². The van der Waals surface area contributed by atoms with Crippen molar-refractivity contribution in [1.29, 1.82) is 0 Å². The molecule has 0 fully saturated rings. The van der Waals surface area contributed by atoms with Gasteiger partial charge in [-0.3, -0.25) is 9.69 Å². The highest BCUT2D eigenvalue weighted by Gasteiger charge is 2.25. The first-order valence-electron chi connectivity index (χ1n) is 7.84. The minimum Gasteiger partial charge on any atom is -0.449 e. The van der Waals surface area contributed by atoms with E-state index in [2.05, 4.69) is 0 Å². The number of benzene rings is 1. The van der Waals surface area contributed by atoms with E-state index in [4.69, 9.17) is 4.74 Å². The zero-order valence-electron chi connectivity index (χ0n) is 14.2. The second-order valence-electron chi connectivity index (χ2n) is 4.89. The largest absolute Gasteiger partial charge is 0.449 e. The predicted molar refractivity (Wildman–Crippen MR) is 88.5 cm³/mol. The van der Waals surface area contributed by atoms with E-state index in [0.29, 0.717) is 37.5 Å². The molecule has 0 atom stereocenters. The van der Waals surface area contributed by atoms with Gasteiger partial charge in [-0.25, -0.2) is 4.79 Å². The van der Waals surface area contributed by atoms with E-state index >= 15 is 0 Å². The fourth-order valence-corrected chi connectivity index (χ4v) is 2.45.